The lowest BCUT2D eigenvalue weighted by Gasteiger charge is -2.35. The van der Waals surface area contributed by atoms with E-state index in [4.69, 9.17) is 22.1 Å². The SMILES string of the molecule is CC(=O)O[C@H]1CCCO[C@H]1[S-]. The van der Waals surface area contributed by atoms with Gasteiger partial charge in [-0.2, -0.15) is 0 Å². The maximum atomic E-state index is 10.5. The molecule has 0 N–H and O–H groups in total. The lowest BCUT2D eigenvalue weighted by atomic mass is 10.2. The summed E-state index contributed by atoms with van der Waals surface area (Å²) >= 11 is 4.93. The van der Waals surface area contributed by atoms with Gasteiger partial charge in [0.2, 0.25) is 0 Å². The second kappa shape index (κ2) is 3.97. The van der Waals surface area contributed by atoms with Gasteiger partial charge in [0.25, 0.3) is 0 Å². The predicted octanol–water partition coefficient (Wildman–Crippen LogP) is 0.601. The first-order valence-corrected chi connectivity index (χ1v) is 4.12. The maximum absolute atomic E-state index is 10.5. The first-order valence-electron chi connectivity index (χ1n) is 3.65. The minimum absolute atomic E-state index is 0.212. The molecule has 0 amide bonds. The third-order valence-electron chi connectivity index (χ3n) is 1.54. The van der Waals surface area contributed by atoms with Crippen molar-refractivity contribution < 1.29 is 14.3 Å². The van der Waals surface area contributed by atoms with Gasteiger partial charge in [0.05, 0.1) is 0 Å². The van der Waals surface area contributed by atoms with Crippen LogP contribution in [0.25, 0.3) is 0 Å². The number of rotatable bonds is 1. The quantitative estimate of drug-likeness (QED) is 0.432. The van der Waals surface area contributed by atoms with Crippen molar-refractivity contribution in [3.05, 3.63) is 0 Å². The van der Waals surface area contributed by atoms with Crippen molar-refractivity contribution in [2.45, 2.75) is 31.3 Å². The van der Waals surface area contributed by atoms with Gasteiger partial charge in [0.15, 0.2) is 0 Å². The minimum atomic E-state index is -0.354. The van der Waals surface area contributed by atoms with Crippen molar-refractivity contribution in [3.63, 3.8) is 0 Å². The Morgan fingerprint density at radius 2 is 2.45 bits per heavy atom. The van der Waals surface area contributed by atoms with Crippen molar-refractivity contribution in [1.82, 2.24) is 0 Å². The summed E-state index contributed by atoms with van der Waals surface area (Å²) in [5.74, 6) is -0.282. The smallest absolute Gasteiger partial charge is 0.302 e. The van der Waals surface area contributed by atoms with Crippen molar-refractivity contribution in [3.8, 4) is 0 Å². The Morgan fingerprint density at radius 1 is 1.73 bits per heavy atom. The van der Waals surface area contributed by atoms with Gasteiger partial charge in [-0.3, -0.25) is 4.79 Å². The number of ether oxygens (including phenoxy) is 2. The molecule has 0 aromatic carbocycles. The number of carbonyl (C=O) groups excluding carboxylic acids is 1. The summed E-state index contributed by atoms with van der Waals surface area (Å²) in [6.07, 6.45) is 1.54. The molecule has 1 aliphatic rings. The monoisotopic (exact) mass is 175 g/mol. The Kier molecular flexibility index (Phi) is 3.20. The lowest BCUT2D eigenvalue weighted by molar-refractivity contribution is -0.154. The van der Waals surface area contributed by atoms with E-state index >= 15 is 0 Å². The molecule has 0 aromatic rings. The van der Waals surface area contributed by atoms with Crippen LogP contribution in [-0.4, -0.2) is 24.1 Å². The standard InChI is InChI=1S/C7H12O3S/c1-5(8)10-6-3-2-4-9-7(6)11/h6-7,11H,2-4H2,1H3/p-1/t6-,7-/m0/s1. The van der Waals surface area contributed by atoms with Gasteiger partial charge in [0, 0.05) is 13.5 Å². The summed E-state index contributed by atoms with van der Waals surface area (Å²) in [5, 5.41) is 0. The third kappa shape index (κ3) is 2.71. The van der Waals surface area contributed by atoms with E-state index in [1.54, 1.807) is 0 Å². The van der Waals surface area contributed by atoms with Crippen molar-refractivity contribution in [2.75, 3.05) is 6.61 Å². The Bertz CT molecular complexity index is 149. The fourth-order valence-corrected chi connectivity index (χ4v) is 1.34. The van der Waals surface area contributed by atoms with E-state index in [-0.39, 0.29) is 17.5 Å². The summed E-state index contributed by atoms with van der Waals surface area (Å²) in [4.78, 5) is 10.5. The van der Waals surface area contributed by atoms with E-state index in [2.05, 4.69) is 0 Å². The van der Waals surface area contributed by atoms with E-state index in [1.807, 2.05) is 0 Å². The topological polar surface area (TPSA) is 35.5 Å². The number of hydrogen-bond donors (Lipinski definition) is 0. The predicted molar refractivity (Wildman–Crippen MR) is 41.9 cm³/mol. The minimum Gasteiger partial charge on any atom is -0.758 e. The van der Waals surface area contributed by atoms with Gasteiger partial charge >= 0.3 is 5.97 Å². The largest absolute Gasteiger partial charge is 0.758 e. The zero-order valence-corrected chi connectivity index (χ0v) is 7.23. The van der Waals surface area contributed by atoms with Crippen LogP contribution in [-0.2, 0) is 26.9 Å². The second-order valence-electron chi connectivity index (χ2n) is 2.53. The Labute approximate surface area is 71.5 Å². The summed E-state index contributed by atoms with van der Waals surface area (Å²) in [5.41, 5.74) is -0.354. The van der Waals surface area contributed by atoms with Gasteiger partial charge in [-0.15, -0.1) is 0 Å². The van der Waals surface area contributed by atoms with Crippen LogP contribution in [0.5, 0.6) is 0 Å². The maximum Gasteiger partial charge on any atom is 0.302 e. The molecule has 3 nitrogen and oxygen atoms in total. The normalized spacial score (nSPS) is 31.5. The molecule has 0 unspecified atom stereocenters. The van der Waals surface area contributed by atoms with Gasteiger partial charge in [-0.1, -0.05) is 0 Å². The molecule has 1 fully saturated rings. The molecule has 4 heteroatoms. The zero-order chi connectivity index (χ0) is 8.27. The molecule has 1 heterocycles. The first-order chi connectivity index (χ1) is 5.20. The van der Waals surface area contributed by atoms with Crippen LogP contribution in [0.2, 0.25) is 0 Å². The zero-order valence-electron chi connectivity index (χ0n) is 6.41. The fourth-order valence-electron chi connectivity index (χ4n) is 1.06. The van der Waals surface area contributed by atoms with Gasteiger partial charge < -0.3 is 22.1 Å². The molecule has 0 spiro atoms. The van der Waals surface area contributed by atoms with E-state index in [0.717, 1.165) is 12.8 Å². The molecule has 1 aliphatic heterocycles. The highest BCUT2D eigenvalue weighted by Gasteiger charge is 2.18. The highest BCUT2D eigenvalue weighted by Crippen LogP contribution is 2.15. The molecule has 11 heavy (non-hydrogen) atoms. The molecule has 1 saturated heterocycles. The molecule has 0 bridgehead atoms. The number of esters is 1. The van der Waals surface area contributed by atoms with Crippen LogP contribution in [0, 0.1) is 0 Å². The van der Waals surface area contributed by atoms with E-state index < -0.39 is 0 Å². The van der Waals surface area contributed by atoms with Gasteiger partial charge in [-0.25, -0.2) is 0 Å². The van der Waals surface area contributed by atoms with Crippen LogP contribution < -0.4 is 0 Å². The number of hydrogen-bond acceptors (Lipinski definition) is 4. The summed E-state index contributed by atoms with van der Waals surface area (Å²) < 4.78 is 10.1. The van der Waals surface area contributed by atoms with Crippen LogP contribution in [0.4, 0.5) is 0 Å². The van der Waals surface area contributed by atoms with Crippen molar-refractivity contribution in [2.24, 2.45) is 0 Å². The Balaban J connectivity index is 2.35. The lowest BCUT2D eigenvalue weighted by Crippen LogP contribution is -2.35. The van der Waals surface area contributed by atoms with Crippen LogP contribution in [0.15, 0.2) is 0 Å². The van der Waals surface area contributed by atoms with Gasteiger partial charge in [0.1, 0.15) is 6.10 Å². The average Bonchev–Trinajstić information content (AvgIpc) is 1.93. The molecule has 0 aliphatic carbocycles. The molecular formula is C7H11O3S-. The molecule has 0 saturated carbocycles. The highest BCUT2D eigenvalue weighted by molar-refractivity contribution is 7.59. The Morgan fingerprint density at radius 3 is 3.00 bits per heavy atom. The Hall–Kier alpha value is -0.220. The van der Waals surface area contributed by atoms with Crippen molar-refractivity contribution in [1.29, 1.82) is 0 Å². The molecule has 0 radical (unpaired) electrons. The van der Waals surface area contributed by atoms with Gasteiger partial charge in [-0.05, 0) is 18.3 Å². The summed E-state index contributed by atoms with van der Waals surface area (Å²) in [7, 11) is 0. The van der Waals surface area contributed by atoms with Crippen molar-refractivity contribution >= 4 is 18.6 Å². The molecule has 64 valence electrons. The van der Waals surface area contributed by atoms with E-state index in [9.17, 15) is 4.79 Å². The fraction of sp³-hybridized carbons (Fsp3) is 0.857. The van der Waals surface area contributed by atoms with E-state index in [0.29, 0.717) is 6.61 Å². The molecule has 2 atom stereocenters. The molecular weight excluding hydrogens is 164 g/mol. The molecule has 0 aromatic heterocycles. The van der Waals surface area contributed by atoms with Crippen LogP contribution >= 0.6 is 0 Å². The second-order valence-corrected chi connectivity index (χ2v) is 2.99. The summed E-state index contributed by atoms with van der Waals surface area (Å²) in [6.45, 7) is 2.07. The molecule has 1 rings (SSSR count). The highest BCUT2D eigenvalue weighted by atomic mass is 32.1. The van der Waals surface area contributed by atoms with E-state index in [1.165, 1.54) is 6.92 Å². The first kappa shape index (κ1) is 8.87. The van der Waals surface area contributed by atoms with Crippen LogP contribution in [0.3, 0.4) is 0 Å². The number of carbonyl (C=O) groups is 1. The summed E-state index contributed by atoms with van der Waals surface area (Å²) in [6, 6.07) is 0. The average molecular weight is 175 g/mol. The third-order valence-corrected chi connectivity index (χ3v) is 1.98. The van der Waals surface area contributed by atoms with Crippen LogP contribution in [0.1, 0.15) is 19.8 Å².